The lowest BCUT2D eigenvalue weighted by Gasteiger charge is -2.58. The standard InChI is InChI=1S/C29H45NO3/c1-17-8-13-29(30-16-17)18(2)26-25(33-29)15-24-22-7-6-20-14-21(32-19(3)31)9-11-27(20,4)23(22)10-12-28(24,26)5/h6,17-18,21-26,30H,7-16H2,1-5H3/t17-,18+,21+,22-,23-,24-,25-,26-,27-,28-,29+/m0/s1. The highest BCUT2D eigenvalue weighted by molar-refractivity contribution is 5.66. The largest absolute Gasteiger partial charge is 0.462 e. The second-order valence-corrected chi connectivity index (χ2v) is 13.4. The predicted molar refractivity (Wildman–Crippen MR) is 129 cm³/mol. The van der Waals surface area contributed by atoms with E-state index in [4.69, 9.17) is 9.47 Å². The van der Waals surface area contributed by atoms with Gasteiger partial charge in [-0.1, -0.05) is 39.3 Å². The molecule has 3 saturated carbocycles. The number of ether oxygens (including phenoxy) is 2. The van der Waals surface area contributed by atoms with Crippen molar-refractivity contribution in [2.45, 2.75) is 110 Å². The summed E-state index contributed by atoms with van der Waals surface area (Å²) in [5.41, 5.74) is 2.24. The molecule has 4 nitrogen and oxygen atoms in total. The van der Waals surface area contributed by atoms with E-state index in [1.165, 1.54) is 44.9 Å². The molecule has 1 spiro atoms. The zero-order valence-corrected chi connectivity index (χ0v) is 21.5. The summed E-state index contributed by atoms with van der Waals surface area (Å²) in [7, 11) is 0. The summed E-state index contributed by atoms with van der Waals surface area (Å²) in [5.74, 6) is 4.30. The van der Waals surface area contributed by atoms with Crippen molar-refractivity contribution >= 4 is 5.97 Å². The average Bonchev–Trinajstić information content (AvgIpc) is 3.21. The van der Waals surface area contributed by atoms with E-state index in [-0.39, 0.29) is 17.8 Å². The average molecular weight is 456 g/mol. The third kappa shape index (κ3) is 3.18. The topological polar surface area (TPSA) is 47.6 Å². The minimum atomic E-state index is -0.127. The first kappa shape index (κ1) is 22.6. The molecule has 184 valence electrons. The number of carbonyl (C=O) groups excluding carboxylic acids is 1. The first-order chi connectivity index (χ1) is 15.7. The lowest BCUT2D eigenvalue weighted by molar-refractivity contribution is -0.148. The molecule has 2 heterocycles. The van der Waals surface area contributed by atoms with Gasteiger partial charge in [0, 0.05) is 25.8 Å². The van der Waals surface area contributed by atoms with Crippen molar-refractivity contribution in [3.05, 3.63) is 11.6 Å². The molecule has 0 aromatic rings. The number of hydrogen-bond acceptors (Lipinski definition) is 4. The van der Waals surface area contributed by atoms with Gasteiger partial charge in [-0.3, -0.25) is 10.1 Å². The lowest BCUT2D eigenvalue weighted by atomic mass is 9.47. The van der Waals surface area contributed by atoms with Crippen LogP contribution in [0.2, 0.25) is 0 Å². The lowest BCUT2D eigenvalue weighted by Crippen LogP contribution is -2.57. The van der Waals surface area contributed by atoms with Gasteiger partial charge in [0.1, 0.15) is 11.8 Å². The molecule has 1 N–H and O–H groups in total. The molecule has 0 radical (unpaired) electrons. The SMILES string of the molecule is CC(=O)O[C@@H]1CC[C@@]2(C)C(=CC[C@@H]3[C@@H]4C[C@@H]5O[C@]6(CC[C@H](C)CN6)[C@H](C)[C@@H]5[C@@]4(C)CC[C@@H]32)C1. The van der Waals surface area contributed by atoms with Crippen LogP contribution in [0, 0.1) is 46.3 Å². The Morgan fingerprint density at radius 3 is 2.67 bits per heavy atom. The van der Waals surface area contributed by atoms with Crippen LogP contribution in [0.25, 0.3) is 0 Å². The van der Waals surface area contributed by atoms with Crippen molar-refractivity contribution in [3.63, 3.8) is 0 Å². The van der Waals surface area contributed by atoms with Crippen molar-refractivity contribution in [2.75, 3.05) is 6.54 Å². The Hall–Kier alpha value is -0.870. The van der Waals surface area contributed by atoms with Crippen LogP contribution in [-0.4, -0.2) is 30.4 Å². The van der Waals surface area contributed by atoms with Crippen molar-refractivity contribution in [2.24, 2.45) is 46.3 Å². The number of hydrogen-bond donors (Lipinski definition) is 1. The summed E-state index contributed by atoms with van der Waals surface area (Å²) in [6.07, 6.45) is 13.9. The van der Waals surface area contributed by atoms with Crippen LogP contribution in [0.15, 0.2) is 11.6 Å². The van der Waals surface area contributed by atoms with Crippen LogP contribution < -0.4 is 5.32 Å². The van der Waals surface area contributed by atoms with Gasteiger partial charge in [0.2, 0.25) is 0 Å². The quantitative estimate of drug-likeness (QED) is 0.397. The molecule has 0 aromatic carbocycles. The summed E-state index contributed by atoms with van der Waals surface area (Å²) in [4.78, 5) is 11.5. The Morgan fingerprint density at radius 1 is 1.12 bits per heavy atom. The molecule has 0 aromatic heterocycles. The predicted octanol–water partition coefficient (Wildman–Crippen LogP) is 5.86. The van der Waals surface area contributed by atoms with E-state index in [1.54, 1.807) is 12.5 Å². The normalized spacial score (nSPS) is 55.2. The third-order valence-corrected chi connectivity index (χ3v) is 11.9. The highest BCUT2D eigenvalue weighted by atomic mass is 16.5. The highest BCUT2D eigenvalue weighted by Gasteiger charge is 2.68. The molecule has 0 unspecified atom stereocenters. The van der Waals surface area contributed by atoms with Gasteiger partial charge < -0.3 is 9.47 Å². The molecule has 6 aliphatic rings. The Morgan fingerprint density at radius 2 is 1.94 bits per heavy atom. The van der Waals surface area contributed by atoms with Gasteiger partial charge >= 0.3 is 5.97 Å². The number of piperidine rings is 1. The molecule has 0 amide bonds. The zero-order chi connectivity index (χ0) is 23.2. The Balaban J connectivity index is 1.24. The number of allylic oxidation sites excluding steroid dienone is 1. The zero-order valence-electron chi connectivity index (χ0n) is 21.5. The first-order valence-electron chi connectivity index (χ1n) is 14.0. The van der Waals surface area contributed by atoms with Gasteiger partial charge in [-0.05, 0) is 91.8 Å². The van der Waals surface area contributed by atoms with E-state index in [9.17, 15) is 4.79 Å². The number of carbonyl (C=O) groups is 1. The highest BCUT2D eigenvalue weighted by Crippen LogP contribution is 2.70. The van der Waals surface area contributed by atoms with Crippen LogP contribution >= 0.6 is 0 Å². The summed E-state index contributed by atoms with van der Waals surface area (Å²) in [6, 6.07) is 0. The number of rotatable bonds is 1. The van der Waals surface area contributed by atoms with Crippen LogP contribution in [0.5, 0.6) is 0 Å². The molecule has 4 aliphatic carbocycles. The van der Waals surface area contributed by atoms with Gasteiger partial charge in [0.15, 0.2) is 0 Å². The number of nitrogens with one attached hydrogen (secondary N) is 1. The molecule has 4 heteroatoms. The molecule has 2 aliphatic heterocycles. The minimum Gasteiger partial charge on any atom is -0.462 e. The van der Waals surface area contributed by atoms with Crippen LogP contribution in [0.1, 0.15) is 92.4 Å². The second-order valence-electron chi connectivity index (χ2n) is 13.4. The summed E-state index contributed by atoms with van der Waals surface area (Å²) in [5, 5.41) is 3.88. The molecular weight excluding hydrogens is 410 g/mol. The van der Waals surface area contributed by atoms with Crippen LogP contribution in [0.3, 0.4) is 0 Å². The maximum atomic E-state index is 11.5. The fourth-order valence-corrected chi connectivity index (χ4v) is 10.2. The maximum absolute atomic E-state index is 11.5. The van der Waals surface area contributed by atoms with Gasteiger partial charge in [-0.15, -0.1) is 0 Å². The van der Waals surface area contributed by atoms with Gasteiger partial charge in [0.05, 0.1) is 6.10 Å². The van der Waals surface area contributed by atoms with E-state index in [2.05, 4.69) is 39.1 Å². The fraction of sp³-hybridized carbons (Fsp3) is 0.897. The monoisotopic (exact) mass is 455 g/mol. The smallest absolute Gasteiger partial charge is 0.302 e. The molecule has 6 rings (SSSR count). The number of fused-ring (bicyclic) bond motifs is 7. The van der Waals surface area contributed by atoms with Crippen molar-refractivity contribution in [1.29, 1.82) is 0 Å². The summed E-state index contributed by atoms with van der Waals surface area (Å²) >= 11 is 0. The van der Waals surface area contributed by atoms with Crippen LogP contribution in [-0.2, 0) is 14.3 Å². The summed E-state index contributed by atoms with van der Waals surface area (Å²) in [6.45, 7) is 12.7. The van der Waals surface area contributed by atoms with Crippen molar-refractivity contribution < 1.29 is 14.3 Å². The number of esters is 1. The molecular formula is C29H45NO3. The molecule has 33 heavy (non-hydrogen) atoms. The molecule has 11 atom stereocenters. The third-order valence-electron chi connectivity index (χ3n) is 11.9. The Kier molecular flexibility index (Phi) is 5.18. The van der Waals surface area contributed by atoms with Gasteiger partial charge in [-0.25, -0.2) is 0 Å². The van der Waals surface area contributed by atoms with E-state index < -0.39 is 0 Å². The van der Waals surface area contributed by atoms with E-state index in [0.717, 1.165) is 43.1 Å². The molecule has 2 saturated heterocycles. The second kappa shape index (κ2) is 7.56. The molecule has 5 fully saturated rings. The van der Waals surface area contributed by atoms with Crippen molar-refractivity contribution in [3.8, 4) is 0 Å². The Labute approximate surface area is 200 Å². The van der Waals surface area contributed by atoms with E-state index in [1.807, 2.05) is 0 Å². The summed E-state index contributed by atoms with van der Waals surface area (Å²) < 4.78 is 12.6. The first-order valence-corrected chi connectivity index (χ1v) is 14.0. The van der Waals surface area contributed by atoms with E-state index >= 15 is 0 Å². The van der Waals surface area contributed by atoms with Crippen LogP contribution in [0.4, 0.5) is 0 Å². The van der Waals surface area contributed by atoms with Gasteiger partial charge in [-0.2, -0.15) is 0 Å². The van der Waals surface area contributed by atoms with Gasteiger partial charge in [0.25, 0.3) is 0 Å². The molecule has 0 bridgehead atoms. The Bertz CT molecular complexity index is 844. The maximum Gasteiger partial charge on any atom is 0.302 e. The fourth-order valence-electron chi connectivity index (χ4n) is 10.2. The van der Waals surface area contributed by atoms with Crippen molar-refractivity contribution in [1.82, 2.24) is 5.32 Å². The van der Waals surface area contributed by atoms with E-state index in [0.29, 0.717) is 28.8 Å². The minimum absolute atomic E-state index is 0.0621.